The van der Waals surface area contributed by atoms with Crippen molar-refractivity contribution < 1.29 is 84.2 Å². The van der Waals surface area contributed by atoms with Gasteiger partial charge in [-0.1, -0.05) is 91.9 Å². The van der Waals surface area contributed by atoms with E-state index in [1.165, 1.54) is 73.8 Å². The van der Waals surface area contributed by atoms with Crippen molar-refractivity contribution >= 4 is 70.9 Å². The van der Waals surface area contributed by atoms with Gasteiger partial charge in [0, 0.05) is 82.0 Å². The molecule has 12 amide bonds. The van der Waals surface area contributed by atoms with E-state index in [1.54, 1.807) is 18.7 Å². The number of nitrogens with zero attached hydrogens (tertiary/aromatic N) is 9. The highest BCUT2D eigenvalue weighted by atomic mass is 19.4. The van der Waals surface area contributed by atoms with Crippen molar-refractivity contribution in [3.05, 3.63) is 0 Å². The van der Waals surface area contributed by atoms with Crippen LogP contribution >= 0.6 is 0 Å². The highest BCUT2D eigenvalue weighted by Gasteiger charge is 2.55. The third-order valence-corrected chi connectivity index (χ3v) is 23.3. The van der Waals surface area contributed by atoms with Gasteiger partial charge >= 0.3 is 6.18 Å². The second-order valence-corrected chi connectivity index (χ2v) is 31.3. The van der Waals surface area contributed by atoms with Crippen LogP contribution in [-0.4, -0.2) is 283 Å². The van der Waals surface area contributed by atoms with Crippen molar-refractivity contribution in [1.82, 2.24) is 60.0 Å². The maximum Gasteiger partial charge on any atom is 0.397 e. The van der Waals surface area contributed by atoms with E-state index in [-0.39, 0.29) is 69.9 Å². The van der Waals surface area contributed by atoms with Crippen molar-refractivity contribution in [2.24, 2.45) is 35.5 Å². The molecule has 3 aliphatic heterocycles. The number of alkyl halides is 5. The van der Waals surface area contributed by atoms with E-state index in [2.05, 4.69) is 16.0 Å². The average molecular weight is 1470 g/mol. The normalized spacial score (nSPS) is 30.8. The van der Waals surface area contributed by atoms with Gasteiger partial charge in [-0.05, 0) is 114 Å². The Bertz CT molecular complexity index is 2990. The number of carbonyl (C=O) groups excluding carboxylic acids is 12. The maximum atomic E-state index is 15.8. The summed E-state index contributed by atoms with van der Waals surface area (Å²) in [6.45, 7) is 7.77. The summed E-state index contributed by atoms with van der Waals surface area (Å²) in [5.74, 6) is -13.4. The van der Waals surface area contributed by atoms with Crippen LogP contribution in [0.25, 0.3) is 0 Å². The topological polar surface area (TPSA) is 279 Å². The summed E-state index contributed by atoms with van der Waals surface area (Å²) in [5, 5.41) is 8.62. The first-order valence-corrected chi connectivity index (χ1v) is 37.8. The molecule has 0 bridgehead atoms. The number of rotatable bonds is 13. The molecular weight excluding hydrogens is 1350 g/mol. The highest BCUT2D eigenvalue weighted by molar-refractivity contribution is 6.01. The number of ether oxygens (including phenoxy) is 1. The lowest BCUT2D eigenvalue weighted by Crippen LogP contribution is -2.65. The lowest BCUT2D eigenvalue weighted by Gasteiger charge is -2.42. The van der Waals surface area contributed by atoms with Gasteiger partial charge in [0.1, 0.15) is 66.1 Å². The second kappa shape index (κ2) is 37.0. The van der Waals surface area contributed by atoms with Gasteiger partial charge in [0.25, 0.3) is 0 Å². The Labute approximate surface area is 604 Å². The zero-order valence-corrected chi connectivity index (χ0v) is 62.9. The fourth-order valence-corrected chi connectivity index (χ4v) is 16.9. The number of hydrogen-bond donors (Lipinski definition) is 3. The smallest absolute Gasteiger partial charge is 0.377 e. The third-order valence-electron chi connectivity index (χ3n) is 23.3. The van der Waals surface area contributed by atoms with Gasteiger partial charge in [0.15, 0.2) is 0 Å². The molecule has 3 saturated heterocycles. The Kier molecular flexibility index (Phi) is 30.0. The van der Waals surface area contributed by atoms with E-state index < -0.39 is 206 Å². The van der Waals surface area contributed by atoms with E-state index in [1.807, 2.05) is 20.8 Å². The van der Waals surface area contributed by atoms with E-state index >= 15 is 32.8 Å². The quantitative estimate of drug-likeness (QED) is 0.195. The summed E-state index contributed by atoms with van der Waals surface area (Å²) in [4.78, 5) is 191. The molecule has 4 saturated carbocycles. The average Bonchev–Trinajstić information content (AvgIpc) is 1.72. The molecule has 0 aromatic carbocycles. The van der Waals surface area contributed by atoms with Gasteiger partial charge in [-0.2, -0.15) is 13.2 Å². The molecule has 1 spiro atoms. The zero-order valence-electron chi connectivity index (χ0n) is 62.9. The molecule has 103 heavy (non-hydrogen) atoms. The molecule has 2 unspecified atom stereocenters. The minimum atomic E-state index is -5.17. The molecule has 25 nitrogen and oxygen atoms in total. The van der Waals surface area contributed by atoms with Gasteiger partial charge in [0.05, 0.1) is 32.2 Å². The minimum absolute atomic E-state index is 0.0250. The second-order valence-electron chi connectivity index (χ2n) is 31.3. The molecule has 582 valence electrons. The molecule has 3 N–H and O–H groups in total. The Morgan fingerprint density at radius 3 is 1.77 bits per heavy atom. The van der Waals surface area contributed by atoms with Crippen LogP contribution in [0.15, 0.2) is 0 Å². The lowest BCUT2D eigenvalue weighted by atomic mass is 9.76. The van der Waals surface area contributed by atoms with E-state index in [9.17, 15) is 46.7 Å². The third kappa shape index (κ3) is 20.9. The molecule has 11 atom stereocenters. The summed E-state index contributed by atoms with van der Waals surface area (Å²) in [5.41, 5.74) is -1.66. The molecule has 0 radical (unpaired) electrons. The van der Waals surface area contributed by atoms with E-state index in [4.69, 9.17) is 4.74 Å². The maximum absolute atomic E-state index is 15.8. The molecule has 0 aromatic rings. The standard InChI is InChI=1S/C73H117F5N12O13/c1-13-45(5)62-69(100)84(8)42-59(93)82(6)43-60(94)86(10)55(37-46-24-16-15-17-25-46)67(98)83(7)41-57(91)79-52(29-28-47-35-50(74)61(51(75)36-47)73(76,77)78)66(97)90-40-49(103-14-2)38-54(90)65(96)81-72(30-20-21-31-72)71(102)88(12)63(48-26-18-19-27-48)70(101)87(11)56(68(99)89-32-22-23-33-89)39-58(92)85(9)53(34-44(3)4)64(95)80-62/h44-56,61-63H,13-43H2,1-12H3,(H,79,91)(H,80,95)(H,81,96)/t45-,47?,49+,50?,51?,52-,53-,54-,55-,56-,61?,62-,63-/m0/s1. The predicted octanol–water partition coefficient (Wildman–Crippen LogP) is 5.40. The van der Waals surface area contributed by atoms with E-state index in [0.29, 0.717) is 70.9 Å². The summed E-state index contributed by atoms with van der Waals surface area (Å²) < 4.78 is 78.7. The van der Waals surface area contributed by atoms with Gasteiger partial charge in [-0.15, -0.1) is 0 Å². The molecule has 7 fully saturated rings. The molecule has 30 heteroatoms. The molecule has 4 aliphatic carbocycles. The number of halogens is 5. The number of carbonyl (C=O) groups is 12. The monoisotopic (exact) mass is 1460 g/mol. The zero-order chi connectivity index (χ0) is 76.1. The van der Waals surface area contributed by atoms with Crippen LogP contribution < -0.4 is 16.0 Å². The number of hydrogen-bond acceptors (Lipinski definition) is 13. The summed E-state index contributed by atoms with van der Waals surface area (Å²) in [7, 11) is 9.78. The fraction of sp³-hybridized carbons (Fsp3) is 0.836. The van der Waals surface area contributed by atoms with Crippen LogP contribution in [0.5, 0.6) is 0 Å². The fourth-order valence-electron chi connectivity index (χ4n) is 16.9. The highest BCUT2D eigenvalue weighted by Crippen LogP contribution is 2.45. The molecule has 3 heterocycles. The summed E-state index contributed by atoms with van der Waals surface area (Å²) in [6, 6.07) is -9.26. The van der Waals surface area contributed by atoms with Crippen LogP contribution in [0.1, 0.15) is 189 Å². The molecular formula is C73H117F5N12O13. The molecule has 0 aromatic heterocycles. The Hall–Kier alpha value is -6.75. The van der Waals surface area contributed by atoms with Crippen LogP contribution in [0, 0.1) is 35.5 Å². The molecule has 7 rings (SSSR count). The Balaban J connectivity index is 1.30. The molecule has 7 aliphatic rings. The van der Waals surface area contributed by atoms with Gasteiger partial charge in [-0.3, -0.25) is 57.5 Å². The first-order valence-electron chi connectivity index (χ1n) is 37.8. The number of likely N-dealkylation sites (tertiary alicyclic amines) is 1. The summed E-state index contributed by atoms with van der Waals surface area (Å²) >= 11 is 0. The number of amides is 12. The van der Waals surface area contributed by atoms with Crippen molar-refractivity contribution in [3.8, 4) is 0 Å². The Morgan fingerprint density at radius 2 is 1.18 bits per heavy atom. The van der Waals surface area contributed by atoms with Gasteiger partial charge < -0.3 is 64.8 Å². The van der Waals surface area contributed by atoms with Crippen molar-refractivity contribution in [2.45, 2.75) is 261 Å². The first kappa shape index (κ1) is 83.5. The number of nitrogens with one attached hydrogen (secondary N) is 3. The van der Waals surface area contributed by atoms with Crippen LogP contribution in [0.4, 0.5) is 22.0 Å². The van der Waals surface area contributed by atoms with Gasteiger partial charge in [0.2, 0.25) is 70.9 Å². The Morgan fingerprint density at radius 1 is 0.602 bits per heavy atom. The largest absolute Gasteiger partial charge is 0.397 e. The number of likely N-dealkylation sites (N-methyl/N-ethyl adjacent to an activating group) is 7. The van der Waals surface area contributed by atoms with E-state index in [0.717, 1.165) is 46.8 Å². The van der Waals surface area contributed by atoms with Crippen molar-refractivity contribution in [2.75, 3.05) is 95.2 Å². The SMILES string of the molecule is CCO[C@@H]1C[C@H]2C(=O)NC3(CCCC3)C(=O)N(C)[C@@H](C3CCCC3)C(=O)N(C)[C@H](C(=O)N3CCCC3)CC(=O)N(C)[C@@H](CC(C)C)C(=O)N[C@@H]([C@@H](C)CC)C(=O)N(C)CC(=O)N(C)CC(=O)N(C)[C@@H](CC3CCCCC3)C(=O)N(C)CC(=O)N[C@@H](CCC3CC(F)C(C(F)(F)F)C(F)C3)C(=O)N2C1. The van der Waals surface area contributed by atoms with Crippen LogP contribution in [0.2, 0.25) is 0 Å². The van der Waals surface area contributed by atoms with Crippen molar-refractivity contribution in [3.63, 3.8) is 0 Å². The number of fused-ring (bicyclic) bond motifs is 1. The van der Waals surface area contributed by atoms with Crippen LogP contribution in [0.3, 0.4) is 0 Å². The predicted molar refractivity (Wildman–Crippen MR) is 372 cm³/mol. The van der Waals surface area contributed by atoms with Gasteiger partial charge in [-0.25, -0.2) is 8.78 Å². The first-order chi connectivity index (χ1) is 48.5. The lowest BCUT2D eigenvalue weighted by molar-refractivity contribution is -0.219. The minimum Gasteiger partial charge on any atom is -0.377 e. The van der Waals surface area contributed by atoms with Crippen molar-refractivity contribution in [1.29, 1.82) is 0 Å². The summed E-state index contributed by atoms with van der Waals surface area (Å²) in [6.07, 6.45) is -4.11. The van der Waals surface area contributed by atoms with Crippen LogP contribution in [-0.2, 0) is 62.3 Å².